The molecule has 2 rings (SSSR count). The number of aromatic nitrogens is 1. The highest BCUT2D eigenvalue weighted by molar-refractivity contribution is 7.98. The lowest BCUT2D eigenvalue weighted by Crippen LogP contribution is -2.44. The smallest absolute Gasteiger partial charge is 0.242 e. The fourth-order valence-electron chi connectivity index (χ4n) is 2.84. The third-order valence-corrected chi connectivity index (χ3v) is 6.28. The van der Waals surface area contributed by atoms with Crippen LogP contribution in [0.5, 0.6) is 0 Å². The number of anilines is 1. The molecule has 1 aromatic heterocycles. The maximum atomic E-state index is 12.6. The van der Waals surface area contributed by atoms with Gasteiger partial charge in [-0.1, -0.05) is 13.8 Å². The molecule has 0 saturated carbocycles. The van der Waals surface area contributed by atoms with E-state index < -0.39 is 16.1 Å². The normalized spacial score (nSPS) is 13.2. The highest BCUT2D eigenvalue weighted by Gasteiger charge is 2.23. The lowest BCUT2D eigenvalue weighted by atomic mass is 10.2. The Labute approximate surface area is 166 Å². The fraction of sp³-hybridized carbons (Fsp3) is 0.526. The first-order valence-electron chi connectivity index (χ1n) is 9.14. The SMILES string of the molecule is CCS(=O)(=O)NC(CCSC)C(=O)Nc1ccc2c(ccn2CC(C)C)c1. The van der Waals surface area contributed by atoms with Crippen molar-refractivity contribution in [1.82, 2.24) is 9.29 Å². The highest BCUT2D eigenvalue weighted by Crippen LogP contribution is 2.22. The Morgan fingerprint density at radius 2 is 2.00 bits per heavy atom. The number of fused-ring (bicyclic) bond motifs is 1. The summed E-state index contributed by atoms with van der Waals surface area (Å²) in [5.41, 5.74) is 1.78. The van der Waals surface area contributed by atoms with Crippen LogP contribution in [0.15, 0.2) is 30.5 Å². The molecule has 0 spiro atoms. The van der Waals surface area contributed by atoms with Crippen LogP contribution < -0.4 is 10.0 Å². The highest BCUT2D eigenvalue weighted by atomic mass is 32.2. The number of hydrogen-bond acceptors (Lipinski definition) is 4. The topological polar surface area (TPSA) is 80.2 Å². The number of hydrogen-bond donors (Lipinski definition) is 2. The van der Waals surface area contributed by atoms with Crippen molar-refractivity contribution in [2.75, 3.05) is 23.1 Å². The first-order valence-corrected chi connectivity index (χ1v) is 12.2. The van der Waals surface area contributed by atoms with Gasteiger partial charge in [-0.05, 0) is 55.5 Å². The predicted octanol–water partition coefficient (Wildman–Crippen LogP) is 3.30. The first-order chi connectivity index (χ1) is 12.8. The van der Waals surface area contributed by atoms with Crippen molar-refractivity contribution in [3.63, 3.8) is 0 Å². The van der Waals surface area contributed by atoms with Crippen LogP contribution in [0, 0.1) is 5.92 Å². The zero-order valence-electron chi connectivity index (χ0n) is 16.4. The van der Waals surface area contributed by atoms with Gasteiger partial charge >= 0.3 is 0 Å². The van der Waals surface area contributed by atoms with Crippen molar-refractivity contribution in [3.8, 4) is 0 Å². The Balaban J connectivity index is 2.16. The van der Waals surface area contributed by atoms with Crippen LogP contribution >= 0.6 is 11.8 Å². The van der Waals surface area contributed by atoms with Gasteiger partial charge in [-0.15, -0.1) is 0 Å². The van der Waals surface area contributed by atoms with Gasteiger partial charge in [-0.3, -0.25) is 4.79 Å². The minimum Gasteiger partial charge on any atom is -0.347 e. The Morgan fingerprint density at radius 1 is 1.26 bits per heavy atom. The molecule has 1 heterocycles. The van der Waals surface area contributed by atoms with Crippen molar-refractivity contribution in [3.05, 3.63) is 30.5 Å². The first kappa shape index (κ1) is 21.8. The molecule has 1 atom stereocenters. The Bertz CT molecular complexity index is 875. The van der Waals surface area contributed by atoms with Gasteiger partial charge in [-0.2, -0.15) is 11.8 Å². The van der Waals surface area contributed by atoms with Gasteiger partial charge in [0.15, 0.2) is 0 Å². The van der Waals surface area contributed by atoms with E-state index in [4.69, 9.17) is 0 Å². The molecule has 1 unspecified atom stereocenters. The molecule has 1 amide bonds. The van der Waals surface area contributed by atoms with E-state index in [1.165, 1.54) is 0 Å². The molecule has 0 aliphatic carbocycles. The van der Waals surface area contributed by atoms with E-state index >= 15 is 0 Å². The standard InChI is InChI=1S/C19H29N3O3S2/c1-5-27(24,25)21-17(9-11-26-4)19(23)20-16-6-7-18-15(12-16)8-10-22(18)13-14(2)3/h6-8,10,12,14,17,21H,5,9,11,13H2,1-4H3,(H,20,23). The van der Waals surface area contributed by atoms with Crippen molar-refractivity contribution < 1.29 is 13.2 Å². The van der Waals surface area contributed by atoms with Gasteiger partial charge in [0.1, 0.15) is 6.04 Å². The zero-order valence-corrected chi connectivity index (χ0v) is 18.0. The van der Waals surface area contributed by atoms with Crippen LogP contribution in [0.4, 0.5) is 5.69 Å². The number of rotatable bonds is 10. The summed E-state index contributed by atoms with van der Waals surface area (Å²) in [6, 6.07) is 7.02. The van der Waals surface area contributed by atoms with Gasteiger partial charge in [0, 0.05) is 29.3 Å². The maximum absolute atomic E-state index is 12.6. The van der Waals surface area contributed by atoms with E-state index in [9.17, 15) is 13.2 Å². The molecule has 0 radical (unpaired) electrons. The number of thioether (sulfide) groups is 1. The molecule has 2 N–H and O–H groups in total. The van der Waals surface area contributed by atoms with E-state index in [0.717, 1.165) is 17.4 Å². The van der Waals surface area contributed by atoms with Crippen molar-refractivity contribution in [1.29, 1.82) is 0 Å². The molecule has 0 saturated heterocycles. The monoisotopic (exact) mass is 411 g/mol. The van der Waals surface area contributed by atoms with Crippen LogP contribution in [-0.4, -0.2) is 42.7 Å². The van der Waals surface area contributed by atoms with Gasteiger partial charge in [0.25, 0.3) is 0 Å². The molecule has 27 heavy (non-hydrogen) atoms. The summed E-state index contributed by atoms with van der Waals surface area (Å²) in [5, 5.41) is 3.90. The van der Waals surface area contributed by atoms with E-state index in [0.29, 0.717) is 23.8 Å². The maximum Gasteiger partial charge on any atom is 0.242 e. The van der Waals surface area contributed by atoms with Crippen molar-refractivity contribution >= 4 is 44.3 Å². The van der Waals surface area contributed by atoms with Gasteiger partial charge in [0.2, 0.25) is 15.9 Å². The van der Waals surface area contributed by atoms with E-state index in [2.05, 4.69) is 28.5 Å². The van der Waals surface area contributed by atoms with Gasteiger partial charge in [-0.25, -0.2) is 13.1 Å². The second-order valence-corrected chi connectivity index (χ2v) is 10.0. The van der Waals surface area contributed by atoms with Crippen molar-refractivity contribution in [2.24, 2.45) is 5.92 Å². The number of amides is 1. The van der Waals surface area contributed by atoms with Crippen LogP contribution in [0.25, 0.3) is 10.9 Å². The number of benzene rings is 1. The molecule has 8 heteroatoms. The Morgan fingerprint density at radius 3 is 2.63 bits per heavy atom. The number of carbonyl (C=O) groups excluding carboxylic acids is 1. The molecule has 0 aliphatic rings. The number of carbonyl (C=O) groups is 1. The van der Waals surface area contributed by atoms with Crippen molar-refractivity contribution in [2.45, 2.75) is 39.8 Å². The average molecular weight is 412 g/mol. The molecule has 0 fully saturated rings. The molecular weight excluding hydrogens is 382 g/mol. The molecule has 150 valence electrons. The Hall–Kier alpha value is -1.51. The summed E-state index contributed by atoms with van der Waals surface area (Å²) < 4.78 is 28.5. The second kappa shape index (κ2) is 9.61. The van der Waals surface area contributed by atoms with Crippen LogP contribution in [0.3, 0.4) is 0 Å². The van der Waals surface area contributed by atoms with Crippen LogP contribution in [0.2, 0.25) is 0 Å². The zero-order chi connectivity index (χ0) is 20.0. The molecule has 0 aliphatic heterocycles. The summed E-state index contributed by atoms with van der Waals surface area (Å²) in [6.45, 7) is 6.84. The third-order valence-electron chi connectivity index (χ3n) is 4.23. The molecular formula is C19H29N3O3S2. The summed E-state index contributed by atoms with van der Waals surface area (Å²) in [6.07, 6.45) is 4.42. The van der Waals surface area contributed by atoms with Gasteiger partial charge < -0.3 is 9.88 Å². The lowest BCUT2D eigenvalue weighted by molar-refractivity contribution is -0.117. The third kappa shape index (κ3) is 6.26. The van der Waals surface area contributed by atoms with Gasteiger partial charge in [0.05, 0.1) is 5.75 Å². The number of nitrogens with one attached hydrogen (secondary N) is 2. The van der Waals surface area contributed by atoms with Crippen LogP contribution in [-0.2, 0) is 21.4 Å². The lowest BCUT2D eigenvalue weighted by Gasteiger charge is -2.18. The molecule has 2 aromatic rings. The fourth-order valence-corrected chi connectivity index (χ4v) is 4.14. The summed E-state index contributed by atoms with van der Waals surface area (Å²) >= 11 is 1.58. The summed E-state index contributed by atoms with van der Waals surface area (Å²) in [4.78, 5) is 12.6. The number of sulfonamides is 1. The minimum absolute atomic E-state index is 0.0502. The summed E-state index contributed by atoms with van der Waals surface area (Å²) in [7, 11) is -3.45. The van der Waals surface area contributed by atoms with E-state index in [1.54, 1.807) is 18.7 Å². The molecule has 0 bridgehead atoms. The average Bonchev–Trinajstić information content (AvgIpc) is 3.00. The molecule has 1 aromatic carbocycles. The predicted molar refractivity (Wildman–Crippen MR) is 115 cm³/mol. The quantitative estimate of drug-likeness (QED) is 0.629. The summed E-state index contributed by atoms with van der Waals surface area (Å²) in [5.74, 6) is 0.859. The minimum atomic E-state index is -3.45. The molecule has 6 nitrogen and oxygen atoms in total. The number of nitrogens with zero attached hydrogens (tertiary/aromatic N) is 1. The largest absolute Gasteiger partial charge is 0.347 e. The van der Waals surface area contributed by atoms with Crippen LogP contribution in [0.1, 0.15) is 27.2 Å². The van der Waals surface area contributed by atoms with E-state index in [1.807, 2.05) is 36.7 Å². The Kier molecular flexibility index (Phi) is 7.76. The van der Waals surface area contributed by atoms with E-state index in [-0.39, 0.29) is 11.7 Å². The second-order valence-electron chi connectivity index (χ2n) is 6.98.